The van der Waals surface area contributed by atoms with Crippen LogP contribution in [-0.4, -0.2) is 39.4 Å². The lowest BCUT2D eigenvalue weighted by atomic mass is 9.90. The van der Waals surface area contributed by atoms with Crippen molar-refractivity contribution in [2.24, 2.45) is 11.3 Å². The van der Waals surface area contributed by atoms with E-state index in [-0.39, 0.29) is 0 Å². The fraction of sp³-hybridized carbons (Fsp3) is 1.00. The molecule has 106 valence electrons. The predicted octanol–water partition coefficient (Wildman–Crippen LogP) is 2.17. The van der Waals surface area contributed by atoms with Crippen LogP contribution in [0.25, 0.3) is 0 Å². The summed E-state index contributed by atoms with van der Waals surface area (Å²) in [6, 6.07) is 0.696. The fourth-order valence-electron chi connectivity index (χ4n) is 3.14. The van der Waals surface area contributed by atoms with Gasteiger partial charge in [0.05, 0.1) is 0 Å². The number of piperidine rings is 1. The Labute approximate surface area is 112 Å². The Balaban J connectivity index is 1.60. The van der Waals surface area contributed by atoms with Gasteiger partial charge in [0, 0.05) is 32.8 Å². The van der Waals surface area contributed by atoms with Crippen LogP contribution in [0, 0.1) is 11.3 Å². The molecule has 1 aliphatic heterocycles. The molecule has 1 saturated carbocycles. The zero-order chi connectivity index (χ0) is 12.8. The monoisotopic (exact) mass is 254 g/mol. The second-order valence-corrected chi connectivity index (χ2v) is 6.32. The van der Waals surface area contributed by atoms with Crippen LogP contribution in [0.3, 0.4) is 0 Å². The first-order valence-electron chi connectivity index (χ1n) is 7.71. The van der Waals surface area contributed by atoms with Crippen molar-refractivity contribution in [2.75, 3.05) is 33.4 Å². The maximum Gasteiger partial charge on any atom is 0.0468 e. The minimum Gasteiger partial charge on any atom is -0.385 e. The van der Waals surface area contributed by atoms with Gasteiger partial charge in [0.1, 0.15) is 0 Å². The van der Waals surface area contributed by atoms with Crippen molar-refractivity contribution < 1.29 is 4.74 Å². The number of methoxy groups -OCH3 is 1. The van der Waals surface area contributed by atoms with Gasteiger partial charge >= 0.3 is 0 Å². The molecule has 1 heterocycles. The van der Waals surface area contributed by atoms with E-state index in [4.69, 9.17) is 4.74 Å². The molecule has 2 fully saturated rings. The van der Waals surface area contributed by atoms with E-state index in [1.165, 1.54) is 51.6 Å². The van der Waals surface area contributed by atoms with E-state index in [1.807, 2.05) is 0 Å². The lowest BCUT2D eigenvalue weighted by Gasteiger charge is -2.30. The molecule has 0 aromatic heterocycles. The van der Waals surface area contributed by atoms with Crippen LogP contribution in [0.5, 0.6) is 0 Å². The zero-order valence-electron chi connectivity index (χ0n) is 12.1. The molecule has 2 aliphatic rings. The average Bonchev–Trinajstić information content (AvgIpc) is 3.17. The van der Waals surface area contributed by atoms with E-state index >= 15 is 0 Å². The summed E-state index contributed by atoms with van der Waals surface area (Å²) in [6.07, 6.45) is 8.07. The maximum absolute atomic E-state index is 5.20. The Morgan fingerprint density at radius 2 is 2.22 bits per heavy atom. The van der Waals surface area contributed by atoms with Gasteiger partial charge < -0.3 is 15.4 Å². The molecule has 3 heteroatoms. The van der Waals surface area contributed by atoms with E-state index in [1.54, 1.807) is 7.11 Å². The third-order valence-corrected chi connectivity index (χ3v) is 4.87. The molecule has 2 unspecified atom stereocenters. The first-order valence-corrected chi connectivity index (χ1v) is 7.71. The van der Waals surface area contributed by atoms with Crippen LogP contribution in [0.15, 0.2) is 0 Å². The molecule has 0 radical (unpaired) electrons. The van der Waals surface area contributed by atoms with Crippen LogP contribution in [0.2, 0.25) is 0 Å². The Hall–Kier alpha value is -0.120. The summed E-state index contributed by atoms with van der Waals surface area (Å²) < 4.78 is 5.20. The van der Waals surface area contributed by atoms with Crippen molar-refractivity contribution in [1.82, 2.24) is 10.6 Å². The van der Waals surface area contributed by atoms with Gasteiger partial charge in [-0.15, -0.1) is 0 Å². The Morgan fingerprint density at radius 1 is 1.39 bits per heavy atom. The number of nitrogens with one attached hydrogen (secondary N) is 2. The second-order valence-electron chi connectivity index (χ2n) is 6.32. The van der Waals surface area contributed by atoms with Gasteiger partial charge in [-0.05, 0) is 50.0 Å². The molecule has 2 N–H and O–H groups in total. The standard InChI is InChI=1S/C15H30N2O/c1-3-13-4-8-17-14(10-13)11-16-12-15(5-6-15)7-9-18-2/h13-14,16-17H,3-12H2,1-2H3. The van der Waals surface area contributed by atoms with Gasteiger partial charge in [0.15, 0.2) is 0 Å². The van der Waals surface area contributed by atoms with E-state index in [0.29, 0.717) is 11.5 Å². The molecule has 2 rings (SSSR count). The molecule has 3 nitrogen and oxygen atoms in total. The third-order valence-electron chi connectivity index (χ3n) is 4.87. The highest BCUT2D eigenvalue weighted by molar-refractivity contribution is 4.95. The van der Waals surface area contributed by atoms with E-state index in [0.717, 1.165) is 19.1 Å². The maximum atomic E-state index is 5.20. The largest absolute Gasteiger partial charge is 0.385 e. The van der Waals surface area contributed by atoms with Crippen molar-refractivity contribution >= 4 is 0 Å². The molecule has 18 heavy (non-hydrogen) atoms. The van der Waals surface area contributed by atoms with Gasteiger partial charge in [0.2, 0.25) is 0 Å². The van der Waals surface area contributed by atoms with Crippen molar-refractivity contribution in [3.05, 3.63) is 0 Å². The Bertz CT molecular complexity index is 241. The number of hydrogen-bond acceptors (Lipinski definition) is 3. The molecular formula is C15H30N2O. The summed E-state index contributed by atoms with van der Waals surface area (Å²) in [5.74, 6) is 0.946. The smallest absolute Gasteiger partial charge is 0.0468 e. The van der Waals surface area contributed by atoms with Crippen molar-refractivity contribution in [2.45, 2.75) is 51.5 Å². The van der Waals surface area contributed by atoms with Gasteiger partial charge in [-0.25, -0.2) is 0 Å². The molecule has 0 aromatic rings. The SMILES string of the molecule is CCC1CCNC(CNCC2(CCOC)CC2)C1. The summed E-state index contributed by atoms with van der Waals surface area (Å²) in [7, 11) is 1.81. The van der Waals surface area contributed by atoms with Gasteiger partial charge in [0.25, 0.3) is 0 Å². The van der Waals surface area contributed by atoms with Gasteiger partial charge in [-0.1, -0.05) is 13.3 Å². The minimum absolute atomic E-state index is 0.578. The Morgan fingerprint density at radius 3 is 2.89 bits per heavy atom. The van der Waals surface area contributed by atoms with Crippen LogP contribution < -0.4 is 10.6 Å². The Kier molecular flexibility index (Phi) is 5.46. The summed E-state index contributed by atoms with van der Waals surface area (Å²) in [6.45, 7) is 6.78. The van der Waals surface area contributed by atoms with Crippen molar-refractivity contribution in [3.8, 4) is 0 Å². The molecular weight excluding hydrogens is 224 g/mol. The summed E-state index contributed by atoms with van der Waals surface area (Å²) in [5.41, 5.74) is 0.578. The van der Waals surface area contributed by atoms with E-state index in [9.17, 15) is 0 Å². The topological polar surface area (TPSA) is 33.3 Å². The zero-order valence-corrected chi connectivity index (χ0v) is 12.1. The molecule has 0 amide bonds. The molecule has 0 spiro atoms. The molecule has 1 saturated heterocycles. The van der Waals surface area contributed by atoms with Crippen molar-refractivity contribution in [3.63, 3.8) is 0 Å². The number of rotatable bonds is 8. The van der Waals surface area contributed by atoms with E-state index < -0.39 is 0 Å². The van der Waals surface area contributed by atoms with Crippen molar-refractivity contribution in [1.29, 1.82) is 0 Å². The molecule has 2 atom stereocenters. The minimum atomic E-state index is 0.578. The lowest BCUT2D eigenvalue weighted by Crippen LogP contribution is -2.45. The third kappa shape index (κ3) is 4.22. The second kappa shape index (κ2) is 6.88. The summed E-state index contributed by atoms with van der Waals surface area (Å²) in [4.78, 5) is 0. The first-order chi connectivity index (χ1) is 8.78. The number of ether oxygens (including phenoxy) is 1. The quantitative estimate of drug-likeness (QED) is 0.696. The fourth-order valence-corrected chi connectivity index (χ4v) is 3.14. The van der Waals surface area contributed by atoms with E-state index in [2.05, 4.69) is 17.6 Å². The molecule has 0 aromatic carbocycles. The first kappa shape index (κ1) is 14.3. The van der Waals surface area contributed by atoms with Crippen LogP contribution in [0.1, 0.15) is 45.4 Å². The summed E-state index contributed by atoms with van der Waals surface area (Å²) in [5, 5.41) is 7.34. The average molecular weight is 254 g/mol. The highest BCUT2D eigenvalue weighted by Crippen LogP contribution is 2.48. The molecule has 1 aliphatic carbocycles. The van der Waals surface area contributed by atoms with Gasteiger partial charge in [-0.2, -0.15) is 0 Å². The van der Waals surface area contributed by atoms with Crippen LogP contribution in [0.4, 0.5) is 0 Å². The normalized spacial score (nSPS) is 30.3. The highest BCUT2D eigenvalue weighted by Gasteiger charge is 2.41. The summed E-state index contributed by atoms with van der Waals surface area (Å²) >= 11 is 0. The lowest BCUT2D eigenvalue weighted by molar-refractivity contribution is 0.170. The van der Waals surface area contributed by atoms with Crippen LogP contribution >= 0.6 is 0 Å². The van der Waals surface area contributed by atoms with Gasteiger partial charge in [-0.3, -0.25) is 0 Å². The predicted molar refractivity (Wildman–Crippen MR) is 75.8 cm³/mol. The number of hydrogen-bond donors (Lipinski definition) is 2. The van der Waals surface area contributed by atoms with Crippen LogP contribution in [-0.2, 0) is 4.74 Å². The molecule has 0 bridgehead atoms. The highest BCUT2D eigenvalue weighted by atomic mass is 16.5.